The van der Waals surface area contributed by atoms with Crippen LogP contribution < -0.4 is 11.2 Å². The van der Waals surface area contributed by atoms with E-state index in [-0.39, 0.29) is 10.1 Å². The first-order valence-corrected chi connectivity index (χ1v) is 5.23. The van der Waals surface area contributed by atoms with E-state index in [0.29, 0.717) is 0 Å². The van der Waals surface area contributed by atoms with Crippen molar-refractivity contribution in [3.63, 3.8) is 0 Å². The molecule has 0 radical (unpaired) electrons. The molecule has 0 aliphatic heterocycles. The summed E-state index contributed by atoms with van der Waals surface area (Å²) in [4.78, 5) is 36.8. The van der Waals surface area contributed by atoms with Crippen LogP contribution in [-0.2, 0) is 0 Å². The van der Waals surface area contributed by atoms with Crippen LogP contribution in [0.3, 0.4) is 0 Å². The molecule has 0 atom stereocenters. The average molecular weight is 266 g/mol. The van der Waals surface area contributed by atoms with Crippen LogP contribution in [0.5, 0.6) is 0 Å². The third kappa shape index (κ3) is 2.10. The number of Topliss-reactive ketones (excluding diaryl/α,β-unsaturated/α-hetero) is 1. The van der Waals surface area contributed by atoms with Crippen molar-refractivity contribution in [3.8, 4) is 5.69 Å². The summed E-state index contributed by atoms with van der Waals surface area (Å²) >= 11 is 0. The second-order valence-electron chi connectivity index (χ2n) is 3.77. The van der Waals surface area contributed by atoms with Crippen LogP contribution in [0.25, 0.3) is 5.69 Å². The zero-order valence-corrected chi connectivity index (χ0v) is 9.74. The number of hydrogen-bond donors (Lipinski definition) is 1. The highest BCUT2D eigenvalue weighted by Gasteiger charge is 2.18. The third-order valence-electron chi connectivity index (χ3n) is 2.52. The molecule has 2 aromatic rings. The van der Waals surface area contributed by atoms with Crippen LogP contribution in [0.4, 0.5) is 8.78 Å². The number of H-pyrrole nitrogens is 1. The van der Waals surface area contributed by atoms with Crippen molar-refractivity contribution in [2.75, 3.05) is 0 Å². The topological polar surface area (TPSA) is 71.9 Å². The summed E-state index contributed by atoms with van der Waals surface area (Å²) in [6.07, 6.45) is 0.919. The second-order valence-corrected chi connectivity index (χ2v) is 3.77. The number of ketones is 1. The Balaban J connectivity index is 2.91. The highest BCUT2D eigenvalue weighted by Crippen LogP contribution is 2.14. The van der Waals surface area contributed by atoms with Crippen molar-refractivity contribution in [1.82, 2.24) is 9.55 Å². The van der Waals surface area contributed by atoms with E-state index in [2.05, 4.69) is 4.98 Å². The number of benzene rings is 1. The van der Waals surface area contributed by atoms with Gasteiger partial charge in [0.05, 0.1) is 5.56 Å². The molecule has 0 saturated heterocycles. The Bertz CT molecular complexity index is 757. The fourth-order valence-corrected chi connectivity index (χ4v) is 1.63. The van der Waals surface area contributed by atoms with E-state index in [9.17, 15) is 23.2 Å². The molecule has 1 heterocycles. The number of hydrogen-bond acceptors (Lipinski definition) is 3. The van der Waals surface area contributed by atoms with Gasteiger partial charge < -0.3 is 4.98 Å². The smallest absolute Gasteiger partial charge is 0.313 e. The summed E-state index contributed by atoms with van der Waals surface area (Å²) in [7, 11) is 0. The van der Waals surface area contributed by atoms with Crippen LogP contribution in [0, 0.1) is 11.6 Å². The lowest BCUT2D eigenvalue weighted by Gasteiger charge is -2.07. The first-order valence-electron chi connectivity index (χ1n) is 5.23. The number of rotatable bonds is 2. The van der Waals surface area contributed by atoms with Gasteiger partial charge in [-0.3, -0.25) is 9.59 Å². The molecule has 0 spiro atoms. The van der Waals surface area contributed by atoms with Gasteiger partial charge in [-0.05, 0) is 19.1 Å². The van der Waals surface area contributed by atoms with E-state index in [4.69, 9.17) is 0 Å². The quantitative estimate of drug-likeness (QED) is 0.824. The maximum absolute atomic E-state index is 13.6. The van der Waals surface area contributed by atoms with E-state index in [1.54, 1.807) is 0 Å². The number of carbonyl (C=O) groups is 1. The van der Waals surface area contributed by atoms with Gasteiger partial charge in [0.2, 0.25) is 0 Å². The minimum atomic E-state index is -1.08. The molecule has 0 aliphatic rings. The summed E-state index contributed by atoms with van der Waals surface area (Å²) in [5.74, 6) is -2.77. The third-order valence-corrected chi connectivity index (χ3v) is 2.52. The Morgan fingerprint density at radius 2 is 1.79 bits per heavy atom. The lowest BCUT2D eigenvalue weighted by atomic mass is 10.2. The molecule has 0 unspecified atom stereocenters. The van der Waals surface area contributed by atoms with Crippen molar-refractivity contribution in [1.29, 1.82) is 0 Å². The standard InChI is InChI=1S/C12H8F2N2O3/c1-6(17)7-5-15-12(19)16(11(7)18)10-8(13)3-2-4-9(10)14/h2-5H,1H3,(H,15,19). The number of para-hydroxylation sites is 1. The summed E-state index contributed by atoms with van der Waals surface area (Å²) in [6.45, 7) is 1.11. The molecule has 1 N–H and O–H groups in total. The zero-order valence-electron chi connectivity index (χ0n) is 9.74. The highest BCUT2D eigenvalue weighted by molar-refractivity contribution is 5.93. The Hall–Kier alpha value is -2.57. The summed E-state index contributed by atoms with van der Waals surface area (Å²) in [6, 6.07) is 2.91. The first kappa shape index (κ1) is 12.9. The van der Waals surface area contributed by atoms with Crippen molar-refractivity contribution in [3.05, 3.63) is 62.4 Å². The van der Waals surface area contributed by atoms with Crippen molar-refractivity contribution < 1.29 is 13.6 Å². The molecule has 19 heavy (non-hydrogen) atoms. The Morgan fingerprint density at radius 3 is 2.32 bits per heavy atom. The molecular formula is C12H8F2N2O3. The molecule has 98 valence electrons. The average Bonchev–Trinajstić information content (AvgIpc) is 2.32. The van der Waals surface area contributed by atoms with Gasteiger partial charge in [-0.25, -0.2) is 18.1 Å². The summed E-state index contributed by atoms with van der Waals surface area (Å²) < 4.78 is 27.4. The minimum Gasteiger partial charge on any atom is -0.313 e. The van der Waals surface area contributed by atoms with Crippen LogP contribution in [0.1, 0.15) is 17.3 Å². The zero-order chi connectivity index (χ0) is 14.2. The molecule has 0 saturated carbocycles. The molecule has 7 heteroatoms. The van der Waals surface area contributed by atoms with E-state index in [1.807, 2.05) is 0 Å². The van der Waals surface area contributed by atoms with E-state index in [1.165, 1.54) is 0 Å². The molecule has 0 fully saturated rings. The molecule has 0 amide bonds. The number of carbonyl (C=O) groups excluding carboxylic acids is 1. The van der Waals surface area contributed by atoms with E-state index >= 15 is 0 Å². The Morgan fingerprint density at radius 1 is 1.21 bits per heavy atom. The van der Waals surface area contributed by atoms with Crippen LogP contribution in [0.15, 0.2) is 34.0 Å². The lowest BCUT2D eigenvalue weighted by molar-refractivity contribution is 0.101. The molecule has 2 rings (SSSR count). The largest absolute Gasteiger partial charge is 0.333 e. The van der Waals surface area contributed by atoms with Gasteiger partial charge >= 0.3 is 5.69 Å². The minimum absolute atomic E-state index is 0.265. The fraction of sp³-hybridized carbons (Fsp3) is 0.0833. The number of nitrogens with one attached hydrogen (secondary N) is 1. The molecule has 0 bridgehead atoms. The van der Waals surface area contributed by atoms with E-state index in [0.717, 1.165) is 31.3 Å². The van der Waals surface area contributed by atoms with Gasteiger partial charge in [-0.2, -0.15) is 0 Å². The number of nitrogens with zero attached hydrogens (tertiary/aromatic N) is 1. The fourth-order valence-electron chi connectivity index (χ4n) is 1.63. The maximum atomic E-state index is 13.6. The SMILES string of the molecule is CC(=O)c1c[nH]c(=O)n(-c2c(F)cccc2F)c1=O. The van der Waals surface area contributed by atoms with Gasteiger partial charge in [0.1, 0.15) is 17.3 Å². The van der Waals surface area contributed by atoms with Crippen LogP contribution in [0.2, 0.25) is 0 Å². The summed E-state index contributed by atoms with van der Waals surface area (Å²) in [5.41, 5.74) is -3.27. The van der Waals surface area contributed by atoms with Crippen molar-refractivity contribution in [2.45, 2.75) is 6.92 Å². The van der Waals surface area contributed by atoms with Crippen molar-refractivity contribution in [2.24, 2.45) is 0 Å². The maximum Gasteiger partial charge on any atom is 0.333 e. The second kappa shape index (κ2) is 4.60. The normalized spacial score (nSPS) is 10.5. The number of halogens is 2. The summed E-state index contributed by atoms with van der Waals surface area (Å²) in [5, 5.41) is 0. The molecule has 5 nitrogen and oxygen atoms in total. The monoisotopic (exact) mass is 266 g/mol. The Kier molecular flexibility index (Phi) is 3.12. The predicted octanol–water partition coefficient (Wildman–Crippen LogP) is 1.01. The number of aromatic nitrogens is 2. The molecule has 1 aromatic heterocycles. The van der Waals surface area contributed by atoms with Gasteiger partial charge in [0, 0.05) is 6.20 Å². The molecule has 0 aliphatic carbocycles. The first-order chi connectivity index (χ1) is 8.93. The number of aromatic amines is 1. The van der Waals surface area contributed by atoms with Crippen LogP contribution >= 0.6 is 0 Å². The van der Waals surface area contributed by atoms with Gasteiger partial charge in [0.15, 0.2) is 5.78 Å². The predicted molar refractivity (Wildman–Crippen MR) is 62.6 cm³/mol. The van der Waals surface area contributed by atoms with Crippen LogP contribution in [-0.4, -0.2) is 15.3 Å². The van der Waals surface area contributed by atoms with Gasteiger partial charge in [0.25, 0.3) is 5.56 Å². The lowest BCUT2D eigenvalue weighted by Crippen LogP contribution is -2.37. The van der Waals surface area contributed by atoms with Gasteiger partial charge in [-0.15, -0.1) is 0 Å². The molecular weight excluding hydrogens is 258 g/mol. The van der Waals surface area contributed by atoms with Gasteiger partial charge in [-0.1, -0.05) is 6.07 Å². The highest BCUT2D eigenvalue weighted by atomic mass is 19.1. The Labute approximate surface area is 105 Å². The van der Waals surface area contributed by atoms with Crippen molar-refractivity contribution >= 4 is 5.78 Å². The molecule has 1 aromatic carbocycles. The van der Waals surface area contributed by atoms with E-state index < -0.39 is 34.4 Å².